The van der Waals surface area contributed by atoms with E-state index in [1.807, 2.05) is 0 Å². The maximum Gasteiger partial charge on any atom is 0.354 e. The van der Waals surface area contributed by atoms with E-state index >= 15 is 0 Å². The number of aromatic carboxylic acids is 1. The van der Waals surface area contributed by atoms with E-state index in [2.05, 4.69) is 27.2 Å². The number of hydrogen-bond acceptors (Lipinski definition) is 4. The van der Waals surface area contributed by atoms with Gasteiger partial charge in [-0.1, -0.05) is 0 Å². The average Bonchev–Trinajstić information content (AvgIpc) is 2.85. The second kappa shape index (κ2) is 5.83. The summed E-state index contributed by atoms with van der Waals surface area (Å²) in [5.74, 6) is -1.21. The summed E-state index contributed by atoms with van der Waals surface area (Å²) < 4.78 is 0. The third-order valence-corrected chi connectivity index (χ3v) is 3.34. The second-order valence-corrected chi connectivity index (χ2v) is 4.91. The van der Waals surface area contributed by atoms with Crippen molar-refractivity contribution >= 4 is 11.9 Å². The predicted molar refractivity (Wildman–Crippen MR) is 68.1 cm³/mol. The smallest absolute Gasteiger partial charge is 0.354 e. The molecule has 3 N–H and O–H groups in total. The van der Waals surface area contributed by atoms with Gasteiger partial charge >= 0.3 is 5.97 Å². The number of H-pyrrole nitrogens is 1. The Labute approximate surface area is 111 Å². The molecule has 104 valence electrons. The minimum absolute atomic E-state index is 0.0586. The number of imidazole rings is 1. The number of aromatic nitrogens is 2. The first-order chi connectivity index (χ1) is 9.08. The average molecular weight is 266 g/mol. The van der Waals surface area contributed by atoms with E-state index in [0.29, 0.717) is 12.5 Å². The van der Waals surface area contributed by atoms with Gasteiger partial charge in [0.15, 0.2) is 11.4 Å². The second-order valence-electron chi connectivity index (χ2n) is 4.91. The van der Waals surface area contributed by atoms with Crippen LogP contribution >= 0.6 is 0 Å². The fourth-order valence-electron chi connectivity index (χ4n) is 2.39. The quantitative estimate of drug-likeness (QED) is 0.722. The van der Waals surface area contributed by atoms with Crippen molar-refractivity contribution in [1.29, 1.82) is 0 Å². The molecule has 1 aromatic heterocycles. The van der Waals surface area contributed by atoms with Gasteiger partial charge in [-0.25, -0.2) is 9.78 Å². The molecular formula is C12H18N4O3. The standard InChI is InChI=1S/C12H18N4O3/c1-16-4-2-3-8(6-16)5-13-11(17)9-10(12(18)19)15-7-14-9/h7-8H,2-6H2,1H3,(H,13,17)(H,14,15)(H,18,19). The zero-order chi connectivity index (χ0) is 13.8. The SMILES string of the molecule is CN1CCCC(CNC(=O)c2nc[nH]c2C(=O)O)C1. The minimum atomic E-state index is -1.18. The number of hydrogen-bond donors (Lipinski definition) is 3. The first-order valence-electron chi connectivity index (χ1n) is 6.31. The third-order valence-electron chi connectivity index (χ3n) is 3.34. The van der Waals surface area contributed by atoms with E-state index in [9.17, 15) is 9.59 Å². The van der Waals surface area contributed by atoms with Crippen LogP contribution in [0.3, 0.4) is 0 Å². The van der Waals surface area contributed by atoms with Crippen LogP contribution < -0.4 is 5.32 Å². The maximum absolute atomic E-state index is 11.9. The number of piperidine rings is 1. The highest BCUT2D eigenvalue weighted by atomic mass is 16.4. The van der Waals surface area contributed by atoms with Crippen molar-refractivity contribution in [3.05, 3.63) is 17.7 Å². The number of nitrogens with one attached hydrogen (secondary N) is 2. The van der Waals surface area contributed by atoms with E-state index in [0.717, 1.165) is 25.9 Å². The Kier molecular flexibility index (Phi) is 4.16. The Balaban J connectivity index is 1.90. The fraction of sp³-hybridized carbons (Fsp3) is 0.583. The monoisotopic (exact) mass is 266 g/mol. The lowest BCUT2D eigenvalue weighted by atomic mass is 9.98. The summed E-state index contributed by atoms with van der Waals surface area (Å²) in [6.45, 7) is 2.59. The van der Waals surface area contributed by atoms with Crippen molar-refractivity contribution in [1.82, 2.24) is 20.2 Å². The molecule has 1 amide bonds. The molecule has 1 atom stereocenters. The van der Waals surface area contributed by atoms with E-state index in [1.165, 1.54) is 6.33 Å². The van der Waals surface area contributed by atoms with Crippen LogP contribution in [0.15, 0.2) is 6.33 Å². The zero-order valence-electron chi connectivity index (χ0n) is 10.8. The molecule has 0 spiro atoms. The van der Waals surface area contributed by atoms with Gasteiger partial charge in [-0.15, -0.1) is 0 Å². The molecule has 0 bridgehead atoms. The lowest BCUT2D eigenvalue weighted by Gasteiger charge is -2.29. The Morgan fingerprint density at radius 1 is 1.63 bits per heavy atom. The normalized spacial score (nSPS) is 20.2. The molecule has 1 aliphatic heterocycles. The van der Waals surface area contributed by atoms with Gasteiger partial charge in [0, 0.05) is 13.1 Å². The lowest BCUT2D eigenvalue weighted by molar-refractivity contribution is 0.0684. The van der Waals surface area contributed by atoms with E-state index < -0.39 is 11.9 Å². The maximum atomic E-state index is 11.9. The molecular weight excluding hydrogens is 248 g/mol. The molecule has 7 nitrogen and oxygen atoms in total. The summed E-state index contributed by atoms with van der Waals surface area (Å²) in [5.41, 5.74) is -0.227. The largest absolute Gasteiger partial charge is 0.477 e. The number of amides is 1. The highest BCUT2D eigenvalue weighted by Gasteiger charge is 2.22. The Bertz CT molecular complexity index is 471. The summed E-state index contributed by atoms with van der Waals surface area (Å²) in [5, 5.41) is 11.7. The van der Waals surface area contributed by atoms with E-state index in [-0.39, 0.29) is 11.4 Å². The van der Waals surface area contributed by atoms with E-state index in [1.54, 1.807) is 0 Å². The number of carbonyl (C=O) groups is 2. The van der Waals surface area contributed by atoms with Crippen LogP contribution in [0.2, 0.25) is 0 Å². The van der Waals surface area contributed by atoms with Crippen molar-refractivity contribution in [3.63, 3.8) is 0 Å². The van der Waals surface area contributed by atoms with Gasteiger partial charge in [0.05, 0.1) is 6.33 Å². The van der Waals surface area contributed by atoms with Crippen molar-refractivity contribution in [2.45, 2.75) is 12.8 Å². The number of carboxylic acids is 1. The molecule has 0 aliphatic carbocycles. The zero-order valence-corrected chi connectivity index (χ0v) is 10.8. The summed E-state index contributed by atoms with van der Waals surface area (Å²) in [6, 6.07) is 0. The van der Waals surface area contributed by atoms with Crippen LogP contribution in [-0.2, 0) is 0 Å². The highest BCUT2D eigenvalue weighted by Crippen LogP contribution is 2.14. The molecule has 7 heteroatoms. The van der Waals surface area contributed by atoms with Crippen molar-refractivity contribution < 1.29 is 14.7 Å². The van der Waals surface area contributed by atoms with Crippen molar-refractivity contribution in [2.75, 3.05) is 26.7 Å². The van der Waals surface area contributed by atoms with Crippen LogP contribution in [0, 0.1) is 5.92 Å². The van der Waals surface area contributed by atoms with Crippen molar-refractivity contribution in [2.24, 2.45) is 5.92 Å². The summed E-state index contributed by atoms with van der Waals surface area (Å²) >= 11 is 0. The van der Waals surface area contributed by atoms with Crippen LogP contribution in [-0.4, -0.2) is 58.5 Å². The predicted octanol–water partition coefficient (Wildman–Crippen LogP) is 0.179. The number of carboxylic acid groups (broad SMARTS) is 1. The molecule has 0 aromatic carbocycles. The van der Waals surface area contributed by atoms with Crippen LogP contribution in [0.4, 0.5) is 0 Å². The Morgan fingerprint density at radius 3 is 3.11 bits per heavy atom. The van der Waals surface area contributed by atoms with E-state index in [4.69, 9.17) is 5.11 Å². The van der Waals surface area contributed by atoms with Gasteiger partial charge in [0.2, 0.25) is 0 Å². The number of nitrogens with zero attached hydrogens (tertiary/aromatic N) is 2. The molecule has 1 aliphatic rings. The van der Waals surface area contributed by atoms with Gasteiger partial charge in [-0.05, 0) is 32.4 Å². The van der Waals surface area contributed by atoms with Crippen LogP contribution in [0.1, 0.15) is 33.8 Å². The molecule has 19 heavy (non-hydrogen) atoms. The lowest BCUT2D eigenvalue weighted by Crippen LogP contribution is -2.39. The van der Waals surface area contributed by atoms with Crippen LogP contribution in [0.5, 0.6) is 0 Å². The minimum Gasteiger partial charge on any atom is -0.477 e. The third kappa shape index (κ3) is 3.31. The molecule has 2 rings (SSSR count). The topological polar surface area (TPSA) is 98.3 Å². The number of carbonyl (C=O) groups excluding carboxylic acids is 1. The molecule has 2 heterocycles. The summed E-state index contributed by atoms with van der Waals surface area (Å²) in [7, 11) is 2.06. The van der Waals surface area contributed by atoms with Crippen LogP contribution in [0.25, 0.3) is 0 Å². The fourth-order valence-corrected chi connectivity index (χ4v) is 2.39. The van der Waals surface area contributed by atoms with Gasteiger partial charge < -0.3 is 20.3 Å². The first kappa shape index (κ1) is 13.5. The number of rotatable bonds is 4. The Hall–Kier alpha value is -1.89. The number of likely N-dealkylation sites (tertiary alicyclic amines) is 1. The van der Waals surface area contributed by atoms with Gasteiger partial charge in [-0.3, -0.25) is 4.79 Å². The molecule has 0 saturated carbocycles. The van der Waals surface area contributed by atoms with Gasteiger partial charge in [0.25, 0.3) is 5.91 Å². The summed E-state index contributed by atoms with van der Waals surface area (Å²) in [6.07, 6.45) is 3.42. The summed E-state index contributed by atoms with van der Waals surface area (Å²) in [4.78, 5) is 31.2. The first-order valence-corrected chi connectivity index (χ1v) is 6.31. The molecule has 1 unspecified atom stereocenters. The highest BCUT2D eigenvalue weighted by molar-refractivity contribution is 6.02. The van der Waals surface area contributed by atoms with Gasteiger partial charge in [0.1, 0.15) is 0 Å². The molecule has 1 saturated heterocycles. The Morgan fingerprint density at radius 2 is 2.42 bits per heavy atom. The molecule has 1 fully saturated rings. The van der Waals surface area contributed by atoms with Crippen molar-refractivity contribution in [3.8, 4) is 0 Å². The molecule has 0 radical (unpaired) electrons. The molecule has 1 aromatic rings. The van der Waals surface area contributed by atoms with Gasteiger partial charge in [-0.2, -0.15) is 0 Å². The number of aromatic amines is 1.